The molecule has 4 heteroatoms. The average Bonchev–Trinajstić information content (AvgIpc) is 2.15. The van der Waals surface area contributed by atoms with Crippen LogP contribution in [0.15, 0.2) is 0 Å². The van der Waals surface area contributed by atoms with Gasteiger partial charge in [0, 0.05) is 14.2 Å². The Bertz CT molecular complexity index is 162. The van der Waals surface area contributed by atoms with E-state index in [1.807, 2.05) is 6.92 Å². The van der Waals surface area contributed by atoms with Crippen molar-refractivity contribution in [3.63, 3.8) is 0 Å². The number of methoxy groups -OCH3 is 1. The lowest BCUT2D eigenvalue weighted by molar-refractivity contribution is -0.122. The zero-order valence-electron chi connectivity index (χ0n) is 8.94. The third kappa shape index (κ3) is 4.85. The van der Waals surface area contributed by atoms with Gasteiger partial charge in [0.2, 0.25) is 5.91 Å². The Hall–Kier alpha value is -0.610. The molecule has 0 aliphatic carbocycles. The van der Waals surface area contributed by atoms with Crippen molar-refractivity contribution in [2.24, 2.45) is 0 Å². The molecule has 0 aromatic carbocycles. The number of hydrogen-bond donors (Lipinski definition) is 2. The van der Waals surface area contributed by atoms with Crippen LogP contribution in [0.4, 0.5) is 0 Å². The van der Waals surface area contributed by atoms with E-state index in [0.29, 0.717) is 6.54 Å². The molecule has 0 saturated carbocycles. The summed E-state index contributed by atoms with van der Waals surface area (Å²) in [4.78, 5) is 10.9. The van der Waals surface area contributed by atoms with Crippen LogP contribution < -0.4 is 10.6 Å². The first-order valence-corrected chi connectivity index (χ1v) is 4.58. The van der Waals surface area contributed by atoms with Crippen molar-refractivity contribution in [2.75, 3.05) is 20.7 Å². The molecule has 0 rings (SSSR count). The minimum absolute atomic E-state index is 0.0284. The van der Waals surface area contributed by atoms with Crippen molar-refractivity contribution in [2.45, 2.75) is 32.4 Å². The van der Waals surface area contributed by atoms with Crippen LogP contribution in [-0.2, 0) is 9.53 Å². The second-order valence-electron chi connectivity index (χ2n) is 3.21. The molecule has 0 fully saturated rings. The molecular weight excluding hydrogens is 168 g/mol. The van der Waals surface area contributed by atoms with Gasteiger partial charge in [0.05, 0.1) is 6.54 Å². The lowest BCUT2D eigenvalue weighted by Gasteiger charge is -2.28. The van der Waals surface area contributed by atoms with Crippen LogP contribution >= 0.6 is 0 Å². The number of ether oxygens (including phenoxy) is 1. The van der Waals surface area contributed by atoms with Crippen molar-refractivity contribution < 1.29 is 9.53 Å². The predicted molar refractivity (Wildman–Crippen MR) is 52.4 cm³/mol. The Morgan fingerprint density at radius 1 is 1.54 bits per heavy atom. The Balaban J connectivity index is 3.89. The number of amides is 1. The minimum atomic E-state index is -0.388. The van der Waals surface area contributed by atoms with E-state index in [1.165, 1.54) is 0 Å². The highest BCUT2D eigenvalue weighted by atomic mass is 16.5. The summed E-state index contributed by atoms with van der Waals surface area (Å²) in [6, 6.07) is 0. The summed E-state index contributed by atoms with van der Waals surface area (Å²) < 4.78 is 5.28. The van der Waals surface area contributed by atoms with Crippen molar-refractivity contribution in [3.8, 4) is 0 Å². The lowest BCUT2D eigenvalue weighted by Crippen LogP contribution is -2.48. The standard InChI is InChI=1S/C9H20N2O2/c1-5-6-9(2,13-4)11-7-8(12)10-3/h11H,5-7H2,1-4H3,(H,10,12). The first-order valence-electron chi connectivity index (χ1n) is 4.58. The van der Waals surface area contributed by atoms with Gasteiger partial charge in [-0.15, -0.1) is 0 Å². The fourth-order valence-corrected chi connectivity index (χ4v) is 1.10. The van der Waals surface area contributed by atoms with Gasteiger partial charge in [0.1, 0.15) is 5.72 Å². The summed E-state index contributed by atoms with van der Waals surface area (Å²) in [5.41, 5.74) is -0.388. The quantitative estimate of drug-likeness (QED) is 0.596. The molecule has 0 aromatic rings. The summed E-state index contributed by atoms with van der Waals surface area (Å²) in [5, 5.41) is 5.61. The maximum Gasteiger partial charge on any atom is 0.233 e. The van der Waals surface area contributed by atoms with Crippen LogP contribution in [0.5, 0.6) is 0 Å². The summed E-state index contributed by atoms with van der Waals surface area (Å²) in [5.74, 6) is -0.0284. The molecule has 0 aliphatic heterocycles. The highest BCUT2D eigenvalue weighted by Crippen LogP contribution is 2.11. The summed E-state index contributed by atoms with van der Waals surface area (Å²) >= 11 is 0. The zero-order chi connectivity index (χ0) is 10.3. The highest BCUT2D eigenvalue weighted by Gasteiger charge is 2.21. The summed E-state index contributed by atoms with van der Waals surface area (Å²) in [6.07, 6.45) is 1.91. The van der Waals surface area contributed by atoms with Gasteiger partial charge < -0.3 is 10.1 Å². The van der Waals surface area contributed by atoms with E-state index in [9.17, 15) is 4.79 Å². The van der Waals surface area contributed by atoms with E-state index >= 15 is 0 Å². The zero-order valence-corrected chi connectivity index (χ0v) is 8.94. The molecule has 0 heterocycles. The van der Waals surface area contributed by atoms with Gasteiger partial charge in [-0.3, -0.25) is 10.1 Å². The van der Waals surface area contributed by atoms with Gasteiger partial charge in [-0.1, -0.05) is 13.3 Å². The number of nitrogens with one attached hydrogen (secondary N) is 2. The maximum atomic E-state index is 10.9. The summed E-state index contributed by atoms with van der Waals surface area (Å²) in [6.45, 7) is 4.32. The Labute approximate surface area is 80.0 Å². The fourth-order valence-electron chi connectivity index (χ4n) is 1.10. The van der Waals surface area contributed by atoms with Gasteiger partial charge in [-0.25, -0.2) is 0 Å². The van der Waals surface area contributed by atoms with Crippen LogP contribution in [0, 0.1) is 0 Å². The number of carbonyl (C=O) groups excluding carboxylic acids is 1. The first-order chi connectivity index (χ1) is 6.08. The molecule has 0 bridgehead atoms. The SMILES string of the molecule is CCCC(C)(NCC(=O)NC)OC. The second kappa shape index (κ2) is 5.94. The third-order valence-electron chi connectivity index (χ3n) is 2.08. The molecule has 13 heavy (non-hydrogen) atoms. The Kier molecular flexibility index (Phi) is 5.66. The van der Waals surface area contributed by atoms with Crippen LogP contribution in [-0.4, -0.2) is 32.3 Å². The molecule has 1 atom stereocenters. The number of carbonyl (C=O) groups is 1. The van der Waals surface area contributed by atoms with Crippen LogP contribution in [0.1, 0.15) is 26.7 Å². The lowest BCUT2D eigenvalue weighted by atomic mass is 10.1. The first kappa shape index (κ1) is 12.4. The number of likely N-dealkylation sites (N-methyl/N-ethyl adjacent to an activating group) is 1. The van der Waals surface area contributed by atoms with Crippen molar-refractivity contribution >= 4 is 5.91 Å². The Morgan fingerprint density at radius 3 is 2.54 bits per heavy atom. The highest BCUT2D eigenvalue weighted by molar-refractivity contribution is 5.77. The van der Waals surface area contributed by atoms with Gasteiger partial charge in [0.15, 0.2) is 0 Å². The number of hydrogen-bond acceptors (Lipinski definition) is 3. The second-order valence-corrected chi connectivity index (χ2v) is 3.21. The molecule has 0 radical (unpaired) electrons. The maximum absolute atomic E-state index is 10.9. The largest absolute Gasteiger partial charge is 0.364 e. The van der Waals surface area contributed by atoms with Gasteiger partial charge in [-0.05, 0) is 13.3 Å². The normalized spacial score (nSPS) is 15.1. The molecule has 2 N–H and O–H groups in total. The molecule has 4 nitrogen and oxygen atoms in total. The molecule has 0 aliphatic rings. The monoisotopic (exact) mass is 188 g/mol. The van der Waals surface area contributed by atoms with Crippen molar-refractivity contribution in [3.05, 3.63) is 0 Å². The van der Waals surface area contributed by atoms with E-state index in [2.05, 4.69) is 17.6 Å². The third-order valence-corrected chi connectivity index (χ3v) is 2.08. The smallest absolute Gasteiger partial charge is 0.233 e. The molecule has 1 unspecified atom stereocenters. The Morgan fingerprint density at radius 2 is 2.15 bits per heavy atom. The molecule has 78 valence electrons. The van der Waals surface area contributed by atoms with Crippen molar-refractivity contribution in [1.29, 1.82) is 0 Å². The van der Waals surface area contributed by atoms with E-state index in [-0.39, 0.29) is 11.6 Å². The van der Waals surface area contributed by atoms with Crippen LogP contribution in [0.25, 0.3) is 0 Å². The van der Waals surface area contributed by atoms with Crippen LogP contribution in [0.2, 0.25) is 0 Å². The molecule has 0 saturated heterocycles. The van der Waals surface area contributed by atoms with Gasteiger partial charge >= 0.3 is 0 Å². The topological polar surface area (TPSA) is 50.4 Å². The predicted octanol–water partition coefficient (Wildman–Crippen LogP) is 0.485. The van der Waals surface area contributed by atoms with E-state index < -0.39 is 0 Å². The van der Waals surface area contributed by atoms with E-state index in [4.69, 9.17) is 4.74 Å². The molecule has 1 amide bonds. The molecular formula is C9H20N2O2. The van der Waals surface area contributed by atoms with E-state index in [1.54, 1.807) is 14.2 Å². The van der Waals surface area contributed by atoms with E-state index in [0.717, 1.165) is 12.8 Å². The van der Waals surface area contributed by atoms with Crippen molar-refractivity contribution in [1.82, 2.24) is 10.6 Å². The molecule has 0 spiro atoms. The van der Waals surface area contributed by atoms with Crippen LogP contribution in [0.3, 0.4) is 0 Å². The minimum Gasteiger partial charge on any atom is -0.364 e. The van der Waals surface area contributed by atoms with Gasteiger partial charge in [-0.2, -0.15) is 0 Å². The summed E-state index contributed by atoms with van der Waals surface area (Å²) in [7, 11) is 3.26. The fraction of sp³-hybridized carbons (Fsp3) is 0.889. The molecule has 0 aromatic heterocycles. The number of rotatable bonds is 6. The average molecular weight is 188 g/mol. The van der Waals surface area contributed by atoms with Gasteiger partial charge in [0.25, 0.3) is 0 Å².